The van der Waals surface area contributed by atoms with Gasteiger partial charge in [-0.15, -0.1) is 0 Å². The highest BCUT2D eigenvalue weighted by Crippen LogP contribution is 2.38. The van der Waals surface area contributed by atoms with Crippen molar-refractivity contribution in [3.05, 3.63) is 100 Å². The van der Waals surface area contributed by atoms with Crippen molar-refractivity contribution in [3.8, 4) is 16.9 Å². The first-order valence-electron chi connectivity index (χ1n) is 10.7. The molecule has 0 unspecified atom stereocenters. The van der Waals surface area contributed by atoms with E-state index in [1.807, 2.05) is 6.92 Å². The fourth-order valence-electron chi connectivity index (χ4n) is 4.41. The van der Waals surface area contributed by atoms with Gasteiger partial charge in [0.05, 0.1) is 11.1 Å². The number of hydrogen-bond acceptors (Lipinski definition) is 1. The Kier molecular flexibility index (Phi) is 5.88. The Labute approximate surface area is 194 Å². The molecule has 4 aromatic carbocycles. The summed E-state index contributed by atoms with van der Waals surface area (Å²) in [6, 6.07) is 17.2. The Morgan fingerprint density at radius 2 is 1.15 bits per heavy atom. The van der Waals surface area contributed by atoms with Crippen LogP contribution in [0.3, 0.4) is 0 Å². The molecule has 0 aliphatic rings. The Hall–Kier alpha value is -3.41. The largest absolute Gasteiger partial charge is 0.429 e. The van der Waals surface area contributed by atoms with Crippen LogP contribution in [-0.2, 0) is 12.3 Å². The van der Waals surface area contributed by atoms with Crippen LogP contribution in [0.1, 0.15) is 33.4 Å². The lowest BCUT2D eigenvalue weighted by Crippen LogP contribution is -2.24. The molecule has 0 bridgehead atoms. The molecule has 4 rings (SSSR count). The van der Waals surface area contributed by atoms with Crippen molar-refractivity contribution >= 4 is 10.8 Å². The molecule has 6 heteroatoms. The number of ether oxygens (including phenoxy) is 1. The quantitative estimate of drug-likeness (QED) is 0.271. The zero-order chi connectivity index (χ0) is 24.8. The maximum atomic E-state index is 15.0. The summed E-state index contributed by atoms with van der Waals surface area (Å²) in [5.74, 6) is -0.000631. The Bertz CT molecular complexity index is 1360. The van der Waals surface area contributed by atoms with Gasteiger partial charge in [-0.1, -0.05) is 48.0 Å². The van der Waals surface area contributed by atoms with Crippen molar-refractivity contribution in [2.75, 3.05) is 0 Å². The van der Waals surface area contributed by atoms with E-state index in [9.17, 15) is 13.2 Å². The van der Waals surface area contributed by atoms with E-state index in [1.165, 1.54) is 25.1 Å². The number of aryl methyl sites for hydroxylation is 4. The van der Waals surface area contributed by atoms with E-state index in [0.29, 0.717) is 33.0 Å². The highest BCUT2D eigenvalue weighted by molar-refractivity contribution is 5.88. The van der Waals surface area contributed by atoms with Crippen molar-refractivity contribution in [1.29, 1.82) is 0 Å². The number of benzene rings is 4. The van der Waals surface area contributed by atoms with Gasteiger partial charge < -0.3 is 4.74 Å². The van der Waals surface area contributed by atoms with E-state index in [-0.39, 0.29) is 16.9 Å². The molecule has 176 valence electrons. The van der Waals surface area contributed by atoms with Crippen LogP contribution in [0, 0.1) is 27.7 Å². The third-order valence-electron chi connectivity index (χ3n) is 5.90. The van der Waals surface area contributed by atoms with Gasteiger partial charge in [0.15, 0.2) is 0 Å². The Morgan fingerprint density at radius 3 is 1.79 bits per heavy atom. The van der Waals surface area contributed by atoms with Gasteiger partial charge in [-0.25, -0.2) is 0 Å². The molecule has 0 aliphatic carbocycles. The molecule has 0 atom stereocenters. The molecule has 0 radical (unpaired) electrons. The summed E-state index contributed by atoms with van der Waals surface area (Å²) < 4.78 is 75.1. The lowest BCUT2D eigenvalue weighted by molar-refractivity contribution is -0.186. The van der Waals surface area contributed by atoms with Gasteiger partial charge in [-0.3, -0.25) is 0 Å². The second kappa shape index (κ2) is 8.42. The molecular weight excluding hydrogens is 447 g/mol. The van der Waals surface area contributed by atoms with E-state index < -0.39 is 17.8 Å². The van der Waals surface area contributed by atoms with Crippen LogP contribution in [0.15, 0.2) is 66.7 Å². The fraction of sp³-hybridized carbons (Fsp3) is 0.214. The Morgan fingerprint density at radius 1 is 0.588 bits per heavy atom. The van der Waals surface area contributed by atoms with Crippen molar-refractivity contribution < 1.29 is 26.7 Å². The minimum absolute atomic E-state index is 0.000631. The number of hydrogen-bond donors (Lipinski definition) is 0. The number of alkyl halides is 5. The van der Waals surface area contributed by atoms with Crippen LogP contribution in [-0.4, -0.2) is 0 Å². The van der Waals surface area contributed by atoms with Gasteiger partial charge >= 0.3 is 12.3 Å². The molecule has 0 fully saturated rings. The normalized spacial score (nSPS) is 12.3. The summed E-state index contributed by atoms with van der Waals surface area (Å²) in [4.78, 5) is 0. The van der Waals surface area contributed by atoms with Crippen LogP contribution in [0.2, 0.25) is 0 Å². The molecule has 1 nitrogen and oxygen atoms in total. The Balaban J connectivity index is 1.66. The monoisotopic (exact) mass is 470 g/mol. The smallest absolute Gasteiger partial charge is 0.427 e. The third kappa shape index (κ3) is 4.63. The summed E-state index contributed by atoms with van der Waals surface area (Å²) in [6.07, 6.45) is -7.96. The van der Waals surface area contributed by atoms with E-state index in [0.717, 1.165) is 11.6 Å². The van der Waals surface area contributed by atoms with Gasteiger partial charge in [0.1, 0.15) is 5.75 Å². The van der Waals surface area contributed by atoms with Crippen molar-refractivity contribution in [1.82, 2.24) is 0 Å². The predicted molar refractivity (Wildman–Crippen MR) is 124 cm³/mol. The van der Waals surface area contributed by atoms with Crippen LogP contribution in [0.5, 0.6) is 5.75 Å². The molecule has 34 heavy (non-hydrogen) atoms. The highest BCUT2D eigenvalue weighted by Gasteiger charge is 2.38. The molecule has 0 spiro atoms. The van der Waals surface area contributed by atoms with Crippen LogP contribution < -0.4 is 4.74 Å². The molecule has 0 saturated carbocycles. The first-order chi connectivity index (χ1) is 15.8. The van der Waals surface area contributed by atoms with Gasteiger partial charge in [0.25, 0.3) is 0 Å². The summed E-state index contributed by atoms with van der Waals surface area (Å²) in [5.41, 5.74) is 2.13. The van der Waals surface area contributed by atoms with E-state index >= 15 is 8.78 Å². The molecule has 0 N–H and O–H groups in total. The topological polar surface area (TPSA) is 9.23 Å². The first kappa shape index (κ1) is 23.7. The van der Waals surface area contributed by atoms with Gasteiger partial charge in [0.2, 0.25) is 0 Å². The zero-order valence-corrected chi connectivity index (χ0v) is 19.1. The molecule has 0 aliphatic heterocycles. The standard InChI is InChI=1S/C28H23F5O/c1-16-11-18(3)26(19(4)12-16)28(32,33)34-24-10-9-21-13-20(7-8-22(21)14-24)23-6-5-17(2)25(15-23)27(29,30)31/h5-15H,1-4H3. The van der Waals surface area contributed by atoms with Gasteiger partial charge in [-0.2, -0.15) is 22.0 Å². The second-order valence-electron chi connectivity index (χ2n) is 8.64. The summed E-state index contributed by atoms with van der Waals surface area (Å²) in [7, 11) is 0. The molecule has 0 aromatic heterocycles. The fourth-order valence-corrected chi connectivity index (χ4v) is 4.41. The molecule has 0 amide bonds. The van der Waals surface area contributed by atoms with Crippen molar-refractivity contribution in [2.45, 2.75) is 40.0 Å². The number of fused-ring (bicyclic) bond motifs is 1. The zero-order valence-electron chi connectivity index (χ0n) is 19.1. The van der Waals surface area contributed by atoms with Crippen LogP contribution in [0.4, 0.5) is 22.0 Å². The lowest BCUT2D eigenvalue weighted by atomic mass is 9.97. The molecule has 0 heterocycles. The summed E-state index contributed by atoms with van der Waals surface area (Å²) in [5, 5.41) is 1.34. The maximum Gasteiger partial charge on any atom is 0.427 e. The first-order valence-corrected chi connectivity index (χ1v) is 10.7. The van der Waals surface area contributed by atoms with E-state index in [2.05, 4.69) is 0 Å². The molecule has 4 aromatic rings. The van der Waals surface area contributed by atoms with Crippen LogP contribution in [0.25, 0.3) is 21.9 Å². The average molecular weight is 470 g/mol. The summed E-state index contributed by atoms with van der Waals surface area (Å²) >= 11 is 0. The van der Waals surface area contributed by atoms with E-state index in [4.69, 9.17) is 4.74 Å². The van der Waals surface area contributed by atoms with Gasteiger partial charge in [0, 0.05) is 0 Å². The van der Waals surface area contributed by atoms with Crippen LogP contribution >= 0.6 is 0 Å². The summed E-state index contributed by atoms with van der Waals surface area (Å²) in [6.45, 7) is 6.53. The number of rotatable bonds is 4. The molecular formula is C28H23F5O. The molecule has 0 saturated heterocycles. The van der Waals surface area contributed by atoms with Crippen molar-refractivity contribution in [2.24, 2.45) is 0 Å². The van der Waals surface area contributed by atoms with Gasteiger partial charge in [-0.05, 0) is 90.6 Å². The van der Waals surface area contributed by atoms with Crippen molar-refractivity contribution in [3.63, 3.8) is 0 Å². The maximum absolute atomic E-state index is 15.0. The third-order valence-corrected chi connectivity index (χ3v) is 5.90. The lowest BCUT2D eigenvalue weighted by Gasteiger charge is -2.22. The highest BCUT2D eigenvalue weighted by atomic mass is 19.4. The second-order valence-corrected chi connectivity index (χ2v) is 8.64. The van der Waals surface area contributed by atoms with E-state index in [1.54, 1.807) is 56.3 Å². The predicted octanol–water partition coefficient (Wildman–Crippen LogP) is 8.89. The minimum Gasteiger partial charge on any atom is -0.429 e. The minimum atomic E-state index is -4.44. The number of halogens is 5. The average Bonchev–Trinajstić information content (AvgIpc) is 2.71. The SMILES string of the molecule is Cc1cc(C)c(C(F)(F)Oc2ccc3cc(-c4ccc(C)c(C(F)(F)F)c4)ccc3c2)c(C)c1.